The predicted octanol–water partition coefficient (Wildman–Crippen LogP) is 1.63. The minimum Gasteiger partial charge on any atom is -0.295 e. The fourth-order valence-electron chi connectivity index (χ4n) is 0.747. The summed E-state index contributed by atoms with van der Waals surface area (Å²) in [6.07, 6.45) is 5.94. The second kappa shape index (κ2) is 2.10. The number of rotatable bonds is 1. The molecule has 0 amide bonds. The van der Waals surface area contributed by atoms with Crippen LogP contribution < -0.4 is 0 Å². The maximum atomic E-state index is 4.20. The minimum absolute atomic E-state index is 0.699. The van der Waals surface area contributed by atoms with E-state index in [0.29, 0.717) is 6.04 Å². The van der Waals surface area contributed by atoms with Crippen molar-refractivity contribution in [2.24, 2.45) is 4.99 Å². The third-order valence-corrected chi connectivity index (χ3v) is 1.43. The first kappa shape index (κ1) is 4.82. The van der Waals surface area contributed by atoms with Crippen LogP contribution in [0.15, 0.2) is 4.99 Å². The molecule has 1 rings (SSSR count). The lowest BCUT2D eigenvalue weighted by molar-refractivity contribution is 0.421. The van der Waals surface area contributed by atoms with Gasteiger partial charge in [-0.3, -0.25) is 4.99 Å². The van der Waals surface area contributed by atoms with Gasteiger partial charge in [-0.25, -0.2) is 0 Å². The Bertz CT molecular complexity index is 72.2. The summed E-state index contributed by atoms with van der Waals surface area (Å²) >= 11 is 0. The summed E-state index contributed by atoms with van der Waals surface area (Å²) in [4.78, 5) is 4.20. The molecule has 0 bridgehead atoms. The van der Waals surface area contributed by atoms with Crippen LogP contribution in [0.1, 0.15) is 26.2 Å². The molecule has 1 saturated carbocycles. The summed E-state index contributed by atoms with van der Waals surface area (Å²) in [5, 5.41) is 0. The molecule has 0 spiro atoms. The average Bonchev–Trinajstić information content (AvgIpc) is 1.55. The van der Waals surface area contributed by atoms with Gasteiger partial charge >= 0.3 is 0 Å². The Morgan fingerprint density at radius 1 is 1.57 bits per heavy atom. The summed E-state index contributed by atoms with van der Waals surface area (Å²) < 4.78 is 0. The Balaban J connectivity index is 2.14. The van der Waals surface area contributed by atoms with Crippen LogP contribution in [-0.2, 0) is 0 Å². The van der Waals surface area contributed by atoms with Crippen LogP contribution in [-0.4, -0.2) is 12.3 Å². The highest BCUT2D eigenvalue weighted by Gasteiger charge is 2.13. The number of nitrogens with zero attached hydrogens (tertiary/aromatic N) is 1. The van der Waals surface area contributed by atoms with Crippen molar-refractivity contribution in [3.63, 3.8) is 0 Å². The topological polar surface area (TPSA) is 12.4 Å². The van der Waals surface area contributed by atoms with Crippen molar-refractivity contribution in [2.45, 2.75) is 32.2 Å². The van der Waals surface area contributed by atoms with E-state index in [4.69, 9.17) is 0 Å². The first-order valence-electron chi connectivity index (χ1n) is 2.91. The number of hydrogen-bond donors (Lipinski definition) is 0. The van der Waals surface area contributed by atoms with Crippen LogP contribution in [0.25, 0.3) is 0 Å². The van der Waals surface area contributed by atoms with E-state index in [9.17, 15) is 0 Å². The van der Waals surface area contributed by atoms with Gasteiger partial charge in [-0.2, -0.15) is 0 Å². The molecule has 1 nitrogen and oxygen atoms in total. The molecule has 0 heterocycles. The molecule has 0 N–H and O–H groups in total. The van der Waals surface area contributed by atoms with E-state index in [1.54, 1.807) is 0 Å². The van der Waals surface area contributed by atoms with Crippen molar-refractivity contribution >= 4 is 6.21 Å². The molecule has 1 fully saturated rings. The van der Waals surface area contributed by atoms with Crippen LogP contribution in [0.5, 0.6) is 0 Å². The van der Waals surface area contributed by atoms with E-state index >= 15 is 0 Å². The largest absolute Gasteiger partial charge is 0.295 e. The Kier molecular flexibility index (Phi) is 1.45. The number of hydrogen-bond acceptors (Lipinski definition) is 1. The molecule has 1 aliphatic rings. The summed E-state index contributed by atoms with van der Waals surface area (Å²) in [6.45, 7) is 1.98. The van der Waals surface area contributed by atoms with Gasteiger partial charge in [0.1, 0.15) is 0 Å². The first-order valence-corrected chi connectivity index (χ1v) is 2.91. The van der Waals surface area contributed by atoms with Gasteiger partial charge in [0.05, 0.1) is 0 Å². The van der Waals surface area contributed by atoms with Crippen LogP contribution in [0, 0.1) is 0 Å². The van der Waals surface area contributed by atoms with E-state index in [0.717, 1.165) is 0 Å². The zero-order valence-corrected chi connectivity index (χ0v) is 4.72. The van der Waals surface area contributed by atoms with Gasteiger partial charge in [-0.1, -0.05) is 0 Å². The molecule has 0 radical (unpaired) electrons. The molecule has 0 aliphatic heterocycles. The zero-order chi connectivity index (χ0) is 5.11. The molecular formula is C6H11N. The quantitative estimate of drug-likeness (QED) is 0.441. The molecule has 1 aliphatic carbocycles. The summed E-state index contributed by atoms with van der Waals surface area (Å²) in [6, 6.07) is 0.699. The highest BCUT2D eigenvalue weighted by atomic mass is 14.8. The standard InChI is InChI=1S/C6H11N/c1-2-7-6-4-3-5-6/h2,6H,3-5H2,1H3. The molecule has 0 saturated heterocycles. The Hall–Kier alpha value is -0.330. The average molecular weight is 97.2 g/mol. The van der Waals surface area contributed by atoms with E-state index in [1.807, 2.05) is 13.1 Å². The summed E-state index contributed by atoms with van der Waals surface area (Å²) in [7, 11) is 0. The van der Waals surface area contributed by atoms with Crippen molar-refractivity contribution in [1.29, 1.82) is 0 Å². The van der Waals surface area contributed by atoms with Crippen molar-refractivity contribution in [3.05, 3.63) is 0 Å². The third kappa shape index (κ3) is 1.02. The maximum absolute atomic E-state index is 4.20. The lowest BCUT2D eigenvalue weighted by Crippen LogP contribution is -2.14. The van der Waals surface area contributed by atoms with Crippen molar-refractivity contribution in [2.75, 3.05) is 0 Å². The molecule has 40 valence electrons. The van der Waals surface area contributed by atoms with Gasteiger partial charge in [-0.05, 0) is 32.4 Å². The van der Waals surface area contributed by atoms with Crippen LogP contribution >= 0.6 is 0 Å². The highest BCUT2D eigenvalue weighted by molar-refractivity contribution is 5.53. The van der Waals surface area contributed by atoms with E-state index in [-0.39, 0.29) is 0 Å². The fraction of sp³-hybridized carbons (Fsp3) is 0.833. The second-order valence-electron chi connectivity index (χ2n) is 1.99. The van der Waals surface area contributed by atoms with Crippen LogP contribution in [0.2, 0.25) is 0 Å². The molecule has 0 aromatic rings. The van der Waals surface area contributed by atoms with Crippen LogP contribution in [0.3, 0.4) is 0 Å². The lowest BCUT2D eigenvalue weighted by atomic mass is 9.94. The second-order valence-corrected chi connectivity index (χ2v) is 1.99. The van der Waals surface area contributed by atoms with Crippen molar-refractivity contribution in [3.8, 4) is 0 Å². The predicted molar refractivity (Wildman–Crippen MR) is 31.8 cm³/mol. The maximum Gasteiger partial charge on any atom is 0.0495 e. The molecule has 0 atom stereocenters. The molecule has 0 aromatic heterocycles. The third-order valence-electron chi connectivity index (χ3n) is 1.43. The molecule has 0 unspecified atom stereocenters. The monoisotopic (exact) mass is 97.1 g/mol. The highest BCUT2D eigenvalue weighted by Crippen LogP contribution is 2.20. The van der Waals surface area contributed by atoms with Gasteiger partial charge < -0.3 is 0 Å². The zero-order valence-electron chi connectivity index (χ0n) is 4.72. The van der Waals surface area contributed by atoms with Crippen molar-refractivity contribution in [1.82, 2.24) is 0 Å². The first-order chi connectivity index (χ1) is 3.43. The molecule has 7 heavy (non-hydrogen) atoms. The van der Waals surface area contributed by atoms with Gasteiger partial charge in [0.25, 0.3) is 0 Å². The Morgan fingerprint density at radius 3 is 2.43 bits per heavy atom. The molecule has 1 heteroatoms. The minimum atomic E-state index is 0.699. The smallest absolute Gasteiger partial charge is 0.0495 e. The van der Waals surface area contributed by atoms with E-state index in [1.165, 1.54) is 19.3 Å². The number of aliphatic imine (C=N–C) groups is 1. The summed E-state index contributed by atoms with van der Waals surface area (Å²) in [5.41, 5.74) is 0. The Morgan fingerprint density at radius 2 is 2.29 bits per heavy atom. The van der Waals surface area contributed by atoms with Gasteiger partial charge in [0.15, 0.2) is 0 Å². The normalized spacial score (nSPS) is 23.0. The van der Waals surface area contributed by atoms with Gasteiger partial charge in [0, 0.05) is 6.04 Å². The van der Waals surface area contributed by atoms with E-state index in [2.05, 4.69) is 4.99 Å². The summed E-state index contributed by atoms with van der Waals surface area (Å²) in [5.74, 6) is 0. The van der Waals surface area contributed by atoms with Gasteiger partial charge in [-0.15, -0.1) is 0 Å². The molecule has 0 aromatic carbocycles. The Labute approximate surface area is 44.5 Å². The van der Waals surface area contributed by atoms with Crippen LogP contribution in [0.4, 0.5) is 0 Å². The lowest BCUT2D eigenvalue weighted by Gasteiger charge is -2.19. The van der Waals surface area contributed by atoms with E-state index < -0.39 is 0 Å². The van der Waals surface area contributed by atoms with Gasteiger partial charge in [0.2, 0.25) is 0 Å². The SMILES string of the molecule is CC=NC1CCC1. The van der Waals surface area contributed by atoms with Crippen molar-refractivity contribution < 1.29 is 0 Å². The fourth-order valence-corrected chi connectivity index (χ4v) is 0.747. The molecular weight excluding hydrogens is 86.1 g/mol.